The van der Waals surface area contributed by atoms with Gasteiger partial charge in [-0.2, -0.15) is 16.4 Å². The standard InChI is InChI=1S/C16H22N4OS/c1-11-15(12(2)19-18-11)14-6-4-3-5-8-20(14)16(21)17-13-7-9-22-10-13/h7,9-10,14H,3-6,8H2,1-2H3,(H,17,21)(H,18,19)/t14-/m1/s1. The summed E-state index contributed by atoms with van der Waals surface area (Å²) in [5.74, 6) is 0. The first-order valence-corrected chi connectivity index (χ1v) is 8.72. The Morgan fingerprint density at radius 1 is 1.41 bits per heavy atom. The second kappa shape index (κ2) is 6.52. The number of hydrogen-bond acceptors (Lipinski definition) is 3. The minimum Gasteiger partial charge on any atom is -0.317 e. The Morgan fingerprint density at radius 3 is 2.95 bits per heavy atom. The maximum atomic E-state index is 12.7. The van der Waals surface area contributed by atoms with Gasteiger partial charge >= 0.3 is 6.03 Å². The van der Waals surface area contributed by atoms with Crippen LogP contribution in [0.4, 0.5) is 10.5 Å². The molecule has 1 atom stereocenters. The van der Waals surface area contributed by atoms with Gasteiger partial charge in [-0.3, -0.25) is 5.10 Å². The van der Waals surface area contributed by atoms with Crippen LogP contribution in [0.25, 0.3) is 0 Å². The maximum absolute atomic E-state index is 12.7. The Morgan fingerprint density at radius 2 is 2.27 bits per heavy atom. The second-order valence-electron chi connectivity index (χ2n) is 5.85. The van der Waals surface area contributed by atoms with Gasteiger partial charge in [-0.1, -0.05) is 12.8 Å². The number of nitrogens with zero attached hydrogens (tertiary/aromatic N) is 2. The highest BCUT2D eigenvalue weighted by Crippen LogP contribution is 2.33. The lowest BCUT2D eigenvalue weighted by Gasteiger charge is -2.30. The number of aryl methyl sites for hydroxylation is 2. The number of thiophene rings is 1. The molecule has 22 heavy (non-hydrogen) atoms. The highest BCUT2D eigenvalue weighted by molar-refractivity contribution is 7.08. The normalized spacial score (nSPS) is 19.0. The Bertz CT molecular complexity index is 615. The van der Waals surface area contributed by atoms with E-state index in [-0.39, 0.29) is 12.1 Å². The summed E-state index contributed by atoms with van der Waals surface area (Å²) in [5.41, 5.74) is 4.12. The van der Waals surface area contributed by atoms with Crippen LogP contribution >= 0.6 is 11.3 Å². The minimum atomic E-state index is -0.00898. The van der Waals surface area contributed by atoms with E-state index in [1.54, 1.807) is 11.3 Å². The van der Waals surface area contributed by atoms with Crippen molar-refractivity contribution in [2.75, 3.05) is 11.9 Å². The molecule has 2 aromatic rings. The number of H-pyrrole nitrogens is 1. The third kappa shape index (κ3) is 3.02. The highest BCUT2D eigenvalue weighted by atomic mass is 32.1. The smallest absolute Gasteiger partial charge is 0.317 e. The summed E-state index contributed by atoms with van der Waals surface area (Å²) in [6, 6.07) is 2.04. The van der Waals surface area contributed by atoms with E-state index in [0.717, 1.165) is 42.9 Å². The predicted molar refractivity (Wildman–Crippen MR) is 89.3 cm³/mol. The third-order valence-electron chi connectivity index (χ3n) is 4.30. The van der Waals surface area contributed by atoms with E-state index in [1.807, 2.05) is 35.6 Å². The van der Waals surface area contributed by atoms with E-state index < -0.39 is 0 Å². The molecule has 2 aromatic heterocycles. The molecule has 118 valence electrons. The number of likely N-dealkylation sites (tertiary alicyclic amines) is 1. The number of urea groups is 1. The van der Waals surface area contributed by atoms with Gasteiger partial charge in [-0.15, -0.1) is 0 Å². The molecule has 0 saturated carbocycles. The zero-order valence-electron chi connectivity index (χ0n) is 13.1. The Hall–Kier alpha value is -1.82. The lowest BCUT2D eigenvalue weighted by molar-refractivity contribution is 0.189. The molecule has 2 amide bonds. The number of amides is 2. The fraction of sp³-hybridized carbons (Fsp3) is 0.500. The van der Waals surface area contributed by atoms with Gasteiger partial charge in [0.05, 0.1) is 17.4 Å². The van der Waals surface area contributed by atoms with Gasteiger partial charge < -0.3 is 10.2 Å². The van der Waals surface area contributed by atoms with Crippen LogP contribution in [0.1, 0.15) is 48.7 Å². The Balaban J connectivity index is 1.86. The molecule has 5 nitrogen and oxygen atoms in total. The lowest BCUT2D eigenvalue weighted by Crippen LogP contribution is -2.38. The minimum absolute atomic E-state index is 0.00898. The van der Waals surface area contributed by atoms with E-state index in [9.17, 15) is 4.79 Å². The van der Waals surface area contributed by atoms with Crippen LogP contribution in [0.2, 0.25) is 0 Å². The van der Waals surface area contributed by atoms with Crippen molar-refractivity contribution in [2.45, 2.75) is 45.6 Å². The Kier molecular flexibility index (Phi) is 4.47. The average Bonchev–Trinajstić information content (AvgIpc) is 3.03. The molecule has 0 spiro atoms. The molecule has 0 aliphatic carbocycles. The summed E-state index contributed by atoms with van der Waals surface area (Å²) in [4.78, 5) is 14.7. The zero-order valence-corrected chi connectivity index (χ0v) is 13.9. The highest BCUT2D eigenvalue weighted by Gasteiger charge is 2.30. The van der Waals surface area contributed by atoms with Crippen LogP contribution in [0.3, 0.4) is 0 Å². The molecule has 1 saturated heterocycles. The number of aromatic nitrogens is 2. The number of hydrogen-bond donors (Lipinski definition) is 2. The first kappa shape index (κ1) is 15.1. The van der Waals surface area contributed by atoms with Crippen molar-refractivity contribution in [3.05, 3.63) is 33.8 Å². The molecule has 3 heterocycles. The fourth-order valence-corrected chi connectivity index (χ4v) is 3.82. The summed E-state index contributed by atoms with van der Waals surface area (Å²) in [6.45, 7) is 4.85. The van der Waals surface area contributed by atoms with Crippen LogP contribution in [-0.4, -0.2) is 27.7 Å². The van der Waals surface area contributed by atoms with Crippen molar-refractivity contribution in [3.8, 4) is 0 Å². The number of anilines is 1. The second-order valence-corrected chi connectivity index (χ2v) is 6.63. The molecule has 0 aromatic carbocycles. The van der Waals surface area contributed by atoms with Crippen LogP contribution in [0, 0.1) is 13.8 Å². The number of nitrogens with one attached hydrogen (secondary N) is 2. The largest absolute Gasteiger partial charge is 0.322 e. The van der Waals surface area contributed by atoms with Crippen molar-refractivity contribution >= 4 is 23.1 Å². The monoisotopic (exact) mass is 318 g/mol. The van der Waals surface area contributed by atoms with Gasteiger partial charge in [0.1, 0.15) is 0 Å². The predicted octanol–water partition coefficient (Wildman–Crippen LogP) is 4.24. The van der Waals surface area contributed by atoms with Gasteiger partial charge in [0.25, 0.3) is 0 Å². The van der Waals surface area contributed by atoms with Crippen LogP contribution < -0.4 is 5.32 Å². The Labute approximate surface area is 134 Å². The number of carbonyl (C=O) groups excluding carboxylic acids is 1. The first-order chi connectivity index (χ1) is 10.7. The molecule has 1 aliphatic heterocycles. The van der Waals surface area contributed by atoms with E-state index in [4.69, 9.17) is 0 Å². The molecular formula is C16H22N4OS. The third-order valence-corrected chi connectivity index (χ3v) is 4.99. The maximum Gasteiger partial charge on any atom is 0.322 e. The van der Waals surface area contributed by atoms with Crippen LogP contribution in [0.15, 0.2) is 16.8 Å². The molecule has 0 bridgehead atoms. The van der Waals surface area contributed by atoms with Gasteiger partial charge in [-0.05, 0) is 38.1 Å². The molecule has 1 fully saturated rings. The van der Waals surface area contributed by atoms with Crippen molar-refractivity contribution < 1.29 is 4.79 Å². The molecule has 6 heteroatoms. The quantitative estimate of drug-likeness (QED) is 0.870. The molecule has 1 aliphatic rings. The summed E-state index contributed by atoms with van der Waals surface area (Å²) >= 11 is 1.59. The van der Waals surface area contributed by atoms with Crippen molar-refractivity contribution in [2.24, 2.45) is 0 Å². The summed E-state index contributed by atoms with van der Waals surface area (Å²) < 4.78 is 0. The summed E-state index contributed by atoms with van der Waals surface area (Å²) in [6.07, 6.45) is 4.38. The molecule has 2 N–H and O–H groups in total. The fourth-order valence-electron chi connectivity index (χ4n) is 3.23. The topological polar surface area (TPSA) is 61.0 Å². The van der Waals surface area contributed by atoms with Crippen molar-refractivity contribution in [1.82, 2.24) is 15.1 Å². The SMILES string of the molecule is Cc1n[nH]c(C)c1[C@H]1CCCCCN1C(=O)Nc1ccsc1. The zero-order chi connectivity index (χ0) is 15.5. The number of carbonyl (C=O) groups is 1. The van der Waals surface area contributed by atoms with Gasteiger partial charge in [0.2, 0.25) is 0 Å². The molecule has 0 unspecified atom stereocenters. The van der Waals surface area contributed by atoms with Crippen molar-refractivity contribution in [3.63, 3.8) is 0 Å². The van der Waals surface area contributed by atoms with E-state index >= 15 is 0 Å². The van der Waals surface area contributed by atoms with Crippen molar-refractivity contribution in [1.29, 1.82) is 0 Å². The molecule has 0 radical (unpaired) electrons. The number of aromatic amines is 1. The number of rotatable bonds is 2. The van der Waals surface area contributed by atoms with E-state index in [1.165, 1.54) is 12.0 Å². The first-order valence-electron chi connectivity index (χ1n) is 7.78. The van der Waals surface area contributed by atoms with Gasteiger partial charge in [-0.25, -0.2) is 4.79 Å². The van der Waals surface area contributed by atoms with E-state index in [2.05, 4.69) is 15.5 Å². The lowest BCUT2D eigenvalue weighted by atomic mass is 9.99. The van der Waals surface area contributed by atoms with Crippen LogP contribution in [0.5, 0.6) is 0 Å². The van der Waals surface area contributed by atoms with Crippen LogP contribution in [-0.2, 0) is 0 Å². The molecule has 3 rings (SSSR count). The summed E-state index contributed by atoms with van der Waals surface area (Å²) in [5, 5.41) is 14.3. The summed E-state index contributed by atoms with van der Waals surface area (Å²) in [7, 11) is 0. The van der Waals surface area contributed by atoms with E-state index in [0.29, 0.717) is 0 Å². The van der Waals surface area contributed by atoms with Gasteiger partial charge in [0, 0.05) is 23.2 Å². The van der Waals surface area contributed by atoms with Gasteiger partial charge in [0.15, 0.2) is 0 Å². The molecular weight excluding hydrogens is 296 g/mol. The average molecular weight is 318 g/mol.